The molecule has 0 aromatic carbocycles. The van der Waals surface area contributed by atoms with E-state index >= 15 is 0 Å². The predicted molar refractivity (Wildman–Crippen MR) is 45.1 cm³/mol. The first kappa shape index (κ1) is 8.72. The van der Waals surface area contributed by atoms with Crippen LogP contribution < -0.4 is 5.73 Å². The highest BCUT2D eigenvalue weighted by Gasteiger charge is 2.34. The molecule has 1 aliphatic carbocycles. The zero-order valence-corrected chi connectivity index (χ0v) is 7.34. The lowest BCUT2D eigenvalue weighted by atomic mass is 10.0. The number of Topliss-reactive ketones (excluding diaryl/α,β-unsaturated/α-hetero) is 1. The molecule has 1 saturated carbocycles. The van der Waals surface area contributed by atoms with Crippen LogP contribution in [-0.4, -0.2) is 12.3 Å². The molecular weight excluding hydrogens is 138 g/mol. The van der Waals surface area contributed by atoms with Crippen LogP contribution in [0.2, 0.25) is 0 Å². The van der Waals surface area contributed by atoms with Crippen molar-refractivity contribution in [1.82, 2.24) is 0 Å². The van der Waals surface area contributed by atoms with Crippen molar-refractivity contribution in [3.05, 3.63) is 0 Å². The average molecular weight is 155 g/mol. The van der Waals surface area contributed by atoms with Gasteiger partial charge in [-0.1, -0.05) is 13.8 Å². The van der Waals surface area contributed by atoms with Gasteiger partial charge in [0.1, 0.15) is 5.78 Å². The van der Waals surface area contributed by atoms with Crippen molar-refractivity contribution < 1.29 is 4.79 Å². The number of hydrogen-bond donors (Lipinski definition) is 1. The maximum Gasteiger partial charge on any atom is 0.137 e. The van der Waals surface area contributed by atoms with Crippen LogP contribution >= 0.6 is 0 Å². The Hall–Kier alpha value is -0.370. The molecule has 2 N–H and O–H groups in total. The molecule has 1 aliphatic rings. The zero-order valence-electron chi connectivity index (χ0n) is 7.34. The van der Waals surface area contributed by atoms with Gasteiger partial charge in [0, 0.05) is 18.9 Å². The molecular formula is C9H17NO. The summed E-state index contributed by atoms with van der Waals surface area (Å²) in [7, 11) is 0. The molecule has 0 radical (unpaired) electrons. The fourth-order valence-corrected chi connectivity index (χ4v) is 1.27. The summed E-state index contributed by atoms with van der Waals surface area (Å²) in [4.78, 5) is 11.3. The summed E-state index contributed by atoms with van der Waals surface area (Å²) in [6, 6.07) is 0. The SMILES string of the molecule is CC(CN)C(=O)CC1CC1C. The largest absolute Gasteiger partial charge is 0.330 e. The molecule has 1 rings (SSSR count). The molecule has 2 nitrogen and oxygen atoms in total. The van der Waals surface area contributed by atoms with Crippen molar-refractivity contribution >= 4 is 5.78 Å². The summed E-state index contributed by atoms with van der Waals surface area (Å²) in [5.74, 6) is 1.88. The molecule has 11 heavy (non-hydrogen) atoms. The Kier molecular flexibility index (Phi) is 2.66. The Bertz CT molecular complexity index is 156. The van der Waals surface area contributed by atoms with Gasteiger partial charge in [0.05, 0.1) is 0 Å². The van der Waals surface area contributed by atoms with E-state index in [-0.39, 0.29) is 5.92 Å². The standard InChI is InChI=1S/C9H17NO/c1-6-3-8(6)4-9(11)7(2)5-10/h6-8H,3-5,10H2,1-2H3. The quantitative estimate of drug-likeness (QED) is 0.662. The van der Waals surface area contributed by atoms with Gasteiger partial charge < -0.3 is 5.73 Å². The summed E-state index contributed by atoms with van der Waals surface area (Å²) in [5, 5.41) is 0. The number of hydrogen-bond acceptors (Lipinski definition) is 2. The van der Waals surface area contributed by atoms with Gasteiger partial charge >= 0.3 is 0 Å². The molecule has 0 spiro atoms. The Balaban J connectivity index is 2.21. The van der Waals surface area contributed by atoms with Gasteiger partial charge in [-0.25, -0.2) is 0 Å². The summed E-state index contributed by atoms with van der Waals surface area (Å²) >= 11 is 0. The molecule has 0 heterocycles. The second kappa shape index (κ2) is 3.35. The van der Waals surface area contributed by atoms with Crippen molar-refractivity contribution in [2.75, 3.05) is 6.54 Å². The first-order valence-corrected chi connectivity index (χ1v) is 4.38. The topological polar surface area (TPSA) is 43.1 Å². The van der Waals surface area contributed by atoms with E-state index in [0.717, 1.165) is 12.3 Å². The second-order valence-corrected chi connectivity index (χ2v) is 3.78. The lowest BCUT2D eigenvalue weighted by molar-refractivity contribution is -0.122. The summed E-state index contributed by atoms with van der Waals surface area (Å²) < 4.78 is 0. The fourth-order valence-electron chi connectivity index (χ4n) is 1.27. The van der Waals surface area contributed by atoms with Crippen molar-refractivity contribution in [3.8, 4) is 0 Å². The van der Waals surface area contributed by atoms with Crippen molar-refractivity contribution in [2.45, 2.75) is 26.7 Å². The van der Waals surface area contributed by atoms with Crippen LogP contribution in [-0.2, 0) is 4.79 Å². The van der Waals surface area contributed by atoms with Crippen molar-refractivity contribution in [1.29, 1.82) is 0 Å². The minimum Gasteiger partial charge on any atom is -0.330 e. The highest BCUT2D eigenvalue weighted by molar-refractivity contribution is 5.81. The third kappa shape index (κ3) is 2.29. The molecule has 2 heteroatoms. The first-order valence-electron chi connectivity index (χ1n) is 4.38. The normalized spacial score (nSPS) is 31.5. The zero-order chi connectivity index (χ0) is 8.43. The van der Waals surface area contributed by atoms with Crippen LogP contribution in [0.4, 0.5) is 0 Å². The Morgan fingerprint density at radius 1 is 1.73 bits per heavy atom. The van der Waals surface area contributed by atoms with Gasteiger partial charge in [-0.3, -0.25) is 4.79 Å². The van der Waals surface area contributed by atoms with E-state index in [1.807, 2.05) is 6.92 Å². The second-order valence-electron chi connectivity index (χ2n) is 3.78. The summed E-state index contributed by atoms with van der Waals surface area (Å²) in [6.45, 7) is 4.61. The maximum atomic E-state index is 11.3. The Morgan fingerprint density at radius 3 is 2.64 bits per heavy atom. The monoisotopic (exact) mass is 155 g/mol. The van der Waals surface area contributed by atoms with E-state index in [2.05, 4.69) is 6.92 Å². The predicted octanol–water partition coefficient (Wildman–Crippen LogP) is 1.20. The van der Waals surface area contributed by atoms with Crippen molar-refractivity contribution in [2.24, 2.45) is 23.5 Å². The molecule has 0 aliphatic heterocycles. The molecule has 0 saturated heterocycles. The van der Waals surface area contributed by atoms with E-state index in [0.29, 0.717) is 18.2 Å². The van der Waals surface area contributed by atoms with E-state index < -0.39 is 0 Å². The minimum absolute atomic E-state index is 0.0720. The van der Waals surface area contributed by atoms with Gasteiger partial charge in [0.15, 0.2) is 0 Å². The lowest BCUT2D eigenvalue weighted by Crippen LogP contribution is -2.20. The van der Waals surface area contributed by atoms with Crippen LogP contribution in [0.5, 0.6) is 0 Å². The van der Waals surface area contributed by atoms with Gasteiger partial charge in [-0.2, -0.15) is 0 Å². The van der Waals surface area contributed by atoms with Gasteiger partial charge in [-0.05, 0) is 18.3 Å². The molecule has 0 bridgehead atoms. The highest BCUT2D eigenvalue weighted by atomic mass is 16.1. The third-order valence-electron chi connectivity index (χ3n) is 2.64. The molecule has 0 aromatic heterocycles. The fraction of sp³-hybridized carbons (Fsp3) is 0.889. The maximum absolute atomic E-state index is 11.3. The Labute approximate surface area is 68.2 Å². The van der Waals surface area contributed by atoms with Gasteiger partial charge in [0.2, 0.25) is 0 Å². The lowest BCUT2D eigenvalue weighted by Gasteiger charge is -2.05. The van der Waals surface area contributed by atoms with E-state index in [1.54, 1.807) is 0 Å². The molecule has 1 fully saturated rings. The van der Waals surface area contributed by atoms with Crippen LogP contribution in [0.3, 0.4) is 0 Å². The summed E-state index contributed by atoms with van der Waals surface area (Å²) in [5.41, 5.74) is 5.38. The number of ketones is 1. The minimum atomic E-state index is 0.0720. The molecule has 0 aromatic rings. The number of carbonyl (C=O) groups is 1. The van der Waals surface area contributed by atoms with Crippen LogP contribution in [0.15, 0.2) is 0 Å². The smallest absolute Gasteiger partial charge is 0.137 e. The number of nitrogens with two attached hydrogens (primary N) is 1. The first-order chi connectivity index (χ1) is 5.15. The van der Waals surface area contributed by atoms with Gasteiger partial charge in [-0.15, -0.1) is 0 Å². The molecule has 0 amide bonds. The van der Waals surface area contributed by atoms with E-state index in [9.17, 15) is 4.79 Å². The molecule has 64 valence electrons. The van der Waals surface area contributed by atoms with Crippen LogP contribution in [0.25, 0.3) is 0 Å². The molecule has 3 atom stereocenters. The Morgan fingerprint density at radius 2 is 2.27 bits per heavy atom. The summed E-state index contributed by atoms with van der Waals surface area (Å²) in [6.07, 6.45) is 2.00. The third-order valence-corrected chi connectivity index (χ3v) is 2.64. The van der Waals surface area contributed by atoms with Crippen LogP contribution in [0, 0.1) is 17.8 Å². The molecule has 3 unspecified atom stereocenters. The van der Waals surface area contributed by atoms with Gasteiger partial charge in [0.25, 0.3) is 0 Å². The number of carbonyl (C=O) groups excluding carboxylic acids is 1. The van der Waals surface area contributed by atoms with E-state index in [1.165, 1.54) is 6.42 Å². The van der Waals surface area contributed by atoms with E-state index in [4.69, 9.17) is 5.73 Å². The highest BCUT2D eigenvalue weighted by Crippen LogP contribution is 2.40. The van der Waals surface area contributed by atoms with Crippen molar-refractivity contribution in [3.63, 3.8) is 0 Å². The van der Waals surface area contributed by atoms with Crippen LogP contribution in [0.1, 0.15) is 26.7 Å². The average Bonchev–Trinajstić information content (AvgIpc) is 2.65. The number of rotatable bonds is 4.